The number of rotatable bonds is 10. The fourth-order valence-electron chi connectivity index (χ4n) is 3.42. The summed E-state index contributed by atoms with van der Waals surface area (Å²) < 4.78 is 11.6. The Morgan fingerprint density at radius 2 is 1.66 bits per heavy atom. The van der Waals surface area contributed by atoms with E-state index in [9.17, 15) is 10.1 Å². The van der Waals surface area contributed by atoms with Gasteiger partial charge in [0.05, 0.1) is 18.9 Å². The average Bonchev–Trinajstić information content (AvgIpc) is 2.85. The van der Waals surface area contributed by atoms with Gasteiger partial charge >= 0.3 is 0 Å². The van der Waals surface area contributed by atoms with Crippen LogP contribution in [0.5, 0.6) is 11.5 Å². The summed E-state index contributed by atoms with van der Waals surface area (Å²) >= 11 is 5.83. The van der Waals surface area contributed by atoms with Crippen LogP contribution < -0.4 is 14.4 Å². The van der Waals surface area contributed by atoms with E-state index in [2.05, 4.69) is 6.07 Å². The third-order valence-corrected chi connectivity index (χ3v) is 5.24. The number of halogens is 1. The second-order valence-corrected chi connectivity index (χ2v) is 7.45. The van der Waals surface area contributed by atoms with Gasteiger partial charge in [-0.2, -0.15) is 5.26 Å². The van der Waals surface area contributed by atoms with Crippen LogP contribution in [-0.2, 0) is 11.4 Å². The molecule has 0 saturated heterocycles. The Morgan fingerprint density at radius 1 is 1.00 bits per heavy atom. The minimum absolute atomic E-state index is 0.209. The first-order valence-corrected chi connectivity index (χ1v) is 10.9. The van der Waals surface area contributed by atoms with Crippen molar-refractivity contribution < 1.29 is 14.3 Å². The molecule has 0 fully saturated rings. The zero-order valence-electron chi connectivity index (χ0n) is 17.9. The number of para-hydroxylation sites is 3. The highest BCUT2D eigenvalue weighted by atomic mass is 35.5. The lowest BCUT2D eigenvalue weighted by atomic mass is 10.0. The van der Waals surface area contributed by atoms with E-state index < -0.39 is 6.04 Å². The summed E-state index contributed by atoms with van der Waals surface area (Å²) in [5.74, 6) is 1.21. The molecule has 32 heavy (non-hydrogen) atoms. The monoisotopic (exact) mass is 448 g/mol. The maximum Gasteiger partial charge on any atom is 0.228 e. The van der Waals surface area contributed by atoms with E-state index in [-0.39, 0.29) is 12.3 Å². The first-order chi connectivity index (χ1) is 15.7. The molecular weight excluding hydrogens is 424 g/mol. The van der Waals surface area contributed by atoms with Gasteiger partial charge in [-0.25, -0.2) is 0 Å². The molecule has 1 atom stereocenters. The largest absolute Gasteiger partial charge is 0.495 e. The molecule has 0 bridgehead atoms. The summed E-state index contributed by atoms with van der Waals surface area (Å²) in [7, 11) is 1.54. The van der Waals surface area contributed by atoms with Gasteiger partial charge in [0.2, 0.25) is 5.91 Å². The zero-order valence-corrected chi connectivity index (χ0v) is 18.7. The van der Waals surface area contributed by atoms with Gasteiger partial charge in [0, 0.05) is 17.9 Å². The molecule has 0 heterocycles. The molecule has 3 aromatic rings. The Balaban J connectivity index is 2.00. The van der Waals surface area contributed by atoms with Gasteiger partial charge in [-0.15, -0.1) is 11.6 Å². The number of hydrogen-bond donors (Lipinski definition) is 0. The third kappa shape index (κ3) is 5.60. The van der Waals surface area contributed by atoms with Crippen molar-refractivity contribution in [2.75, 3.05) is 17.9 Å². The predicted molar refractivity (Wildman–Crippen MR) is 126 cm³/mol. The van der Waals surface area contributed by atoms with E-state index in [0.29, 0.717) is 41.7 Å². The summed E-state index contributed by atoms with van der Waals surface area (Å²) in [5.41, 5.74) is 2.14. The van der Waals surface area contributed by atoms with Crippen molar-refractivity contribution in [1.29, 1.82) is 5.26 Å². The zero-order chi connectivity index (χ0) is 22.8. The van der Waals surface area contributed by atoms with Crippen molar-refractivity contribution in [1.82, 2.24) is 0 Å². The molecule has 1 amide bonds. The normalized spacial score (nSPS) is 11.3. The van der Waals surface area contributed by atoms with Crippen molar-refractivity contribution in [3.05, 3.63) is 90.0 Å². The van der Waals surface area contributed by atoms with Crippen LogP contribution in [0.4, 0.5) is 5.69 Å². The first kappa shape index (κ1) is 23.2. The van der Waals surface area contributed by atoms with Crippen molar-refractivity contribution in [3.8, 4) is 17.6 Å². The minimum Gasteiger partial charge on any atom is -0.495 e. The van der Waals surface area contributed by atoms with Gasteiger partial charge in [-0.3, -0.25) is 9.69 Å². The summed E-state index contributed by atoms with van der Waals surface area (Å²) in [6.45, 7) is 0.352. The summed E-state index contributed by atoms with van der Waals surface area (Å²) in [6, 6.07) is 25.7. The van der Waals surface area contributed by atoms with Gasteiger partial charge in [-0.1, -0.05) is 60.7 Å². The quantitative estimate of drug-likeness (QED) is 0.363. The Morgan fingerprint density at radius 3 is 2.34 bits per heavy atom. The molecule has 3 rings (SSSR count). The predicted octanol–water partition coefficient (Wildman–Crippen LogP) is 5.89. The number of amides is 1. The molecule has 0 aliphatic carbocycles. The lowest BCUT2D eigenvalue weighted by Crippen LogP contribution is -2.35. The molecule has 164 valence electrons. The molecule has 0 aromatic heterocycles. The maximum absolute atomic E-state index is 13.3. The third-order valence-electron chi connectivity index (χ3n) is 4.97. The average molecular weight is 449 g/mol. The SMILES string of the molecule is COc1ccccc1N(C(=O)CCCCl)C(C#N)c1ccccc1OCc1ccccc1. The minimum atomic E-state index is -0.902. The van der Waals surface area contributed by atoms with Crippen molar-refractivity contribution in [3.63, 3.8) is 0 Å². The highest BCUT2D eigenvalue weighted by Gasteiger charge is 2.30. The smallest absolute Gasteiger partial charge is 0.228 e. The van der Waals surface area contributed by atoms with Crippen LogP contribution in [0.2, 0.25) is 0 Å². The van der Waals surface area contributed by atoms with Crippen LogP contribution in [0.1, 0.15) is 30.0 Å². The molecule has 3 aromatic carbocycles. The first-order valence-electron chi connectivity index (χ1n) is 10.4. The Labute approximate surface area is 193 Å². The molecule has 0 spiro atoms. The highest BCUT2D eigenvalue weighted by molar-refractivity contribution is 6.18. The van der Waals surface area contributed by atoms with Crippen molar-refractivity contribution >= 4 is 23.2 Å². The second-order valence-electron chi connectivity index (χ2n) is 7.07. The van der Waals surface area contributed by atoms with Gasteiger partial charge < -0.3 is 9.47 Å². The van der Waals surface area contributed by atoms with Crippen LogP contribution in [0, 0.1) is 11.3 Å². The second kappa shape index (κ2) is 11.8. The van der Waals surface area contributed by atoms with E-state index in [1.54, 1.807) is 19.2 Å². The molecule has 0 radical (unpaired) electrons. The van der Waals surface area contributed by atoms with Crippen LogP contribution in [0.25, 0.3) is 0 Å². The van der Waals surface area contributed by atoms with E-state index in [4.69, 9.17) is 21.1 Å². The van der Waals surface area contributed by atoms with Gasteiger partial charge in [-0.05, 0) is 30.2 Å². The number of ether oxygens (including phenoxy) is 2. The van der Waals surface area contributed by atoms with Crippen LogP contribution in [0.3, 0.4) is 0 Å². The fraction of sp³-hybridized carbons (Fsp3) is 0.231. The Bertz CT molecular complexity index is 1070. The van der Waals surface area contributed by atoms with Gasteiger partial charge in [0.15, 0.2) is 6.04 Å². The topological polar surface area (TPSA) is 62.6 Å². The number of nitriles is 1. The summed E-state index contributed by atoms with van der Waals surface area (Å²) in [5, 5.41) is 10.2. The van der Waals surface area contributed by atoms with Gasteiger partial charge in [0.25, 0.3) is 0 Å². The molecule has 6 heteroatoms. The number of carbonyl (C=O) groups is 1. The lowest BCUT2D eigenvalue weighted by molar-refractivity contribution is -0.119. The number of carbonyl (C=O) groups excluding carboxylic acids is 1. The molecular formula is C26H25ClN2O3. The fourth-order valence-corrected chi connectivity index (χ4v) is 3.56. The summed E-state index contributed by atoms with van der Waals surface area (Å²) in [4.78, 5) is 14.7. The molecule has 1 unspecified atom stereocenters. The Kier molecular flexibility index (Phi) is 8.53. The van der Waals surface area contributed by atoms with Crippen molar-refractivity contribution in [2.24, 2.45) is 0 Å². The number of alkyl halides is 1. The van der Waals surface area contributed by atoms with E-state index in [0.717, 1.165) is 5.56 Å². The Hall–Kier alpha value is -3.49. The summed E-state index contributed by atoms with van der Waals surface area (Å²) in [6.07, 6.45) is 0.725. The molecule has 0 saturated carbocycles. The van der Waals surface area contributed by atoms with Gasteiger partial charge in [0.1, 0.15) is 18.1 Å². The molecule has 0 aliphatic heterocycles. The van der Waals surface area contributed by atoms with E-state index in [1.807, 2.05) is 66.7 Å². The number of anilines is 1. The maximum atomic E-state index is 13.3. The van der Waals surface area contributed by atoms with Crippen LogP contribution in [0.15, 0.2) is 78.9 Å². The standard InChI is InChI=1S/C26H25ClN2O3/c1-31-25-15-8-6-13-22(25)29(26(30)16-9-17-27)23(18-28)21-12-5-7-14-24(21)32-19-20-10-3-2-4-11-20/h2-8,10-15,23H,9,16-17,19H2,1H3. The molecule has 0 N–H and O–H groups in total. The molecule has 0 aliphatic rings. The number of methoxy groups -OCH3 is 1. The lowest BCUT2D eigenvalue weighted by Gasteiger charge is -2.30. The molecule has 5 nitrogen and oxygen atoms in total. The number of hydrogen-bond acceptors (Lipinski definition) is 4. The number of benzene rings is 3. The van der Waals surface area contributed by atoms with E-state index >= 15 is 0 Å². The van der Waals surface area contributed by atoms with Crippen LogP contribution in [-0.4, -0.2) is 18.9 Å². The number of nitrogens with zero attached hydrogens (tertiary/aromatic N) is 2. The van der Waals surface area contributed by atoms with Crippen molar-refractivity contribution in [2.45, 2.75) is 25.5 Å². The van der Waals surface area contributed by atoms with Crippen LogP contribution >= 0.6 is 11.6 Å². The highest BCUT2D eigenvalue weighted by Crippen LogP contribution is 2.38. The van der Waals surface area contributed by atoms with E-state index in [1.165, 1.54) is 4.90 Å².